The van der Waals surface area contributed by atoms with Crippen molar-refractivity contribution in [3.05, 3.63) is 34.9 Å². The molecule has 0 amide bonds. The van der Waals surface area contributed by atoms with E-state index in [0.29, 0.717) is 5.92 Å². The van der Waals surface area contributed by atoms with Crippen molar-refractivity contribution >= 4 is 0 Å². The Kier molecular flexibility index (Phi) is 2.10. The minimum atomic E-state index is 0.663. The number of benzene rings is 1. The number of hydrogen-bond acceptors (Lipinski definition) is 1. The topological polar surface area (TPSA) is 3.01 Å². The summed E-state index contributed by atoms with van der Waals surface area (Å²) in [6.07, 6.45) is 2.57. The Hall–Kier alpha value is -0.820. The van der Waals surface area contributed by atoms with Crippen LogP contribution in [0.5, 0.6) is 0 Å². The molecule has 0 aromatic heterocycles. The Morgan fingerprint density at radius 2 is 1.87 bits per heavy atom. The van der Waals surface area contributed by atoms with Gasteiger partial charge in [-0.25, -0.2) is 0 Å². The summed E-state index contributed by atoms with van der Waals surface area (Å²) < 4.78 is 0. The van der Waals surface area contributed by atoms with E-state index in [1.165, 1.54) is 31.5 Å². The van der Waals surface area contributed by atoms with E-state index in [0.717, 1.165) is 6.04 Å². The monoisotopic (exact) mass is 201 g/mol. The molecule has 2 aliphatic rings. The van der Waals surface area contributed by atoms with Gasteiger partial charge in [0.05, 0.1) is 0 Å². The van der Waals surface area contributed by atoms with Gasteiger partial charge in [-0.15, -0.1) is 0 Å². The van der Waals surface area contributed by atoms with Crippen LogP contribution in [0.15, 0.2) is 18.2 Å². The molecule has 1 aliphatic carbocycles. The highest BCUT2D eigenvalue weighted by molar-refractivity contribution is 5.38. The molecule has 1 fully saturated rings. The van der Waals surface area contributed by atoms with Crippen molar-refractivity contribution < 1.29 is 0 Å². The van der Waals surface area contributed by atoms with Crippen LogP contribution in [-0.2, 0) is 12.8 Å². The third-order valence-corrected chi connectivity index (χ3v) is 3.81. The fourth-order valence-corrected chi connectivity index (χ4v) is 2.66. The zero-order valence-corrected chi connectivity index (χ0v) is 9.66. The summed E-state index contributed by atoms with van der Waals surface area (Å²) in [5.41, 5.74) is 4.70. The summed E-state index contributed by atoms with van der Waals surface area (Å²) in [7, 11) is 0. The van der Waals surface area contributed by atoms with Crippen LogP contribution in [0.1, 0.15) is 36.5 Å². The van der Waals surface area contributed by atoms with E-state index < -0.39 is 0 Å². The van der Waals surface area contributed by atoms with Crippen LogP contribution in [0.2, 0.25) is 0 Å². The molecule has 3 rings (SSSR count). The van der Waals surface area contributed by atoms with Gasteiger partial charge < -0.3 is 0 Å². The average Bonchev–Trinajstić information content (AvgIpc) is 2.97. The fraction of sp³-hybridized carbons (Fsp3) is 0.571. The number of fused-ring (bicyclic) bond motifs is 1. The summed E-state index contributed by atoms with van der Waals surface area (Å²) >= 11 is 0. The first-order valence-electron chi connectivity index (χ1n) is 6.10. The van der Waals surface area contributed by atoms with Crippen LogP contribution in [-0.4, -0.2) is 24.0 Å². The maximum Gasteiger partial charge on any atom is 0.0177 e. The molecule has 0 N–H and O–H groups in total. The van der Waals surface area contributed by atoms with Gasteiger partial charge in [0.15, 0.2) is 0 Å². The van der Waals surface area contributed by atoms with Gasteiger partial charge in [-0.3, -0.25) is 4.90 Å². The summed E-state index contributed by atoms with van der Waals surface area (Å²) in [6, 6.07) is 7.92. The highest BCUT2D eigenvalue weighted by Gasteiger charge is 2.32. The molecule has 0 saturated carbocycles. The Morgan fingerprint density at radius 3 is 2.53 bits per heavy atom. The zero-order chi connectivity index (χ0) is 10.4. The van der Waals surface area contributed by atoms with E-state index in [-0.39, 0.29) is 0 Å². The van der Waals surface area contributed by atoms with E-state index in [1.807, 2.05) is 0 Å². The smallest absolute Gasteiger partial charge is 0.0177 e. The highest BCUT2D eigenvalue weighted by atomic mass is 15.3. The van der Waals surface area contributed by atoms with Gasteiger partial charge in [-0.05, 0) is 35.4 Å². The first-order chi connectivity index (χ1) is 7.24. The second-order valence-corrected chi connectivity index (χ2v) is 5.28. The van der Waals surface area contributed by atoms with E-state index >= 15 is 0 Å². The molecule has 1 nitrogen and oxygen atoms in total. The third kappa shape index (κ3) is 1.69. The maximum absolute atomic E-state index is 2.59. The molecule has 1 aromatic carbocycles. The standard InChI is InChI=1S/C14H19N/c1-10(2)11-3-4-12-8-14(15-5-6-15)9-13(12)7-11/h3-4,7,10,14H,5-6,8-9H2,1-2H3. The van der Waals surface area contributed by atoms with Gasteiger partial charge in [0.1, 0.15) is 0 Å². The highest BCUT2D eigenvalue weighted by Crippen LogP contribution is 2.30. The van der Waals surface area contributed by atoms with Gasteiger partial charge in [0.25, 0.3) is 0 Å². The molecule has 15 heavy (non-hydrogen) atoms. The van der Waals surface area contributed by atoms with Crippen molar-refractivity contribution in [2.75, 3.05) is 13.1 Å². The van der Waals surface area contributed by atoms with Crippen molar-refractivity contribution in [2.24, 2.45) is 0 Å². The van der Waals surface area contributed by atoms with Crippen molar-refractivity contribution in [3.8, 4) is 0 Å². The Labute approximate surface area is 92.1 Å². The van der Waals surface area contributed by atoms with Gasteiger partial charge in [0, 0.05) is 19.1 Å². The molecular formula is C14H19N. The second-order valence-electron chi connectivity index (χ2n) is 5.28. The van der Waals surface area contributed by atoms with Crippen LogP contribution in [0.4, 0.5) is 0 Å². The van der Waals surface area contributed by atoms with Crippen molar-refractivity contribution in [1.29, 1.82) is 0 Å². The molecule has 1 aromatic rings. The van der Waals surface area contributed by atoms with Gasteiger partial charge >= 0.3 is 0 Å². The SMILES string of the molecule is CC(C)c1ccc2c(c1)CC(N1CC1)C2. The van der Waals surface area contributed by atoms with Crippen LogP contribution in [0.3, 0.4) is 0 Å². The van der Waals surface area contributed by atoms with Gasteiger partial charge in [0.2, 0.25) is 0 Å². The maximum atomic E-state index is 2.59. The first-order valence-corrected chi connectivity index (χ1v) is 6.10. The molecule has 1 heterocycles. The molecule has 0 radical (unpaired) electrons. The molecule has 1 atom stereocenters. The minimum absolute atomic E-state index is 0.663. The van der Waals surface area contributed by atoms with Gasteiger partial charge in [-0.1, -0.05) is 32.0 Å². The lowest BCUT2D eigenvalue weighted by Crippen LogP contribution is -2.18. The summed E-state index contributed by atoms with van der Waals surface area (Å²) in [5.74, 6) is 0.663. The van der Waals surface area contributed by atoms with Crippen LogP contribution >= 0.6 is 0 Å². The molecule has 0 spiro atoms. The summed E-state index contributed by atoms with van der Waals surface area (Å²) in [6.45, 7) is 7.21. The van der Waals surface area contributed by atoms with E-state index in [9.17, 15) is 0 Å². The van der Waals surface area contributed by atoms with Crippen LogP contribution in [0.25, 0.3) is 0 Å². The van der Waals surface area contributed by atoms with E-state index in [1.54, 1.807) is 11.1 Å². The molecule has 1 heteroatoms. The molecule has 1 saturated heterocycles. The lowest BCUT2D eigenvalue weighted by molar-refractivity contribution is 0.414. The van der Waals surface area contributed by atoms with Crippen molar-refractivity contribution in [1.82, 2.24) is 4.90 Å². The molecular weight excluding hydrogens is 182 g/mol. The average molecular weight is 201 g/mol. The summed E-state index contributed by atoms with van der Waals surface area (Å²) in [5, 5.41) is 0. The normalized spacial score (nSPS) is 24.6. The Morgan fingerprint density at radius 1 is 1.13 bits per heavy atom. The lowest BCUT2D eigenvalue weighted by atomic mass is 9.99. The van der Waals surface area contributed by atoms with Crippen molar-refractivity contribution in [3.63, 3.8) is 0 Å². The van der Waals surface area contributed by atoms with Crippen LogP contribution in [0, 0.1) is 0 Å². The molecule has 80 valence electrons. The van der Waals surface area contributed by atoms with E-state index in [2.05, 4.69) is 36.9 Å². The summed E-state index contributed by atoms with van der Waals surface area (Å²) in [4.78, 5) is 2.59. The molecule has 1 aliphatic heterocycles. The molecule has 1 unspecified atom stereocenters. The Bertz CT molecular complexity index is 377. The van der Waals surface area contributed by atoms with Crippen molar-refractivity contribution in [2.45, 2.75) is 38.6 Å². The fourth-order valence-electron chi connectivity index (χ4n) is 2.66. The number of hydrogen-bond donors (Lipinski definition) is 0. The first kappa shape index (κ1) is 9.41. The zero-order valence-electron chi connectivity index (χ0n) is 9.66. The number of rotatable bonds is 2. The predicted molar refractivity (Wildman–Crippen MR) is 63.3 cm³/mol. The number of nitrogens with zero attached hydrogens (tertiary/aromatic N) is 1. The van der Waals surface area contributed by atoms with Gasteiger partial charge in [-0.2, -0.15) is 0 Å². The van der Waals surface area contributed by atoms with Crippen LogP contribution < -0.4 is 0 Å². The second kappa shape index (κ2) is 3.34. The quantitative estimate of drug-likeness (QED) is 0.665. The molecule has 0 bridgehead atoms. The van der Waals surface area contributed by atoms with E-state index in [4.69, 9.17) is 0 Å². The Balaban J connectivity index is 1.86. The predicted octanol–water partition coefficient (Wildman–Crippen LogP) is 2.59. The largest absolute Gasteiger partial charge is 0.297 e. The minimum Gasteiger partial charge on any atom is -0.297 e. The lowest BCUT2D eigenvalue weighted by Gasteiger charge is -2.08. The third-order valence-electron chi connectivity index (χ3n) is 3.81.